The Morgan fingerprint density at radius 1 is 0.606 bits per heavy atom. The minimum absolute atomic E-state index is 0.180. The maximum absolute atomic E-state index is 10.8. The molecule has 0 saturated carbocycles. The summed E-state index contributed by atoms with van der Waals surface area (Å²) >= 11 is 6.98. The van der Waals surface area contributed by atoms with Crippen LogP contribution in [0.25, 0.3) is 57.5 Å². The van der Waals surface area contributed by atoms with Crippen molar-refractivity contribution in [2.24, 2.45) is 0 Å². The fourth-order valence-electron chi connectivity index (χ4n) is 4.01. The molecule has 0 unspecified atom stereocenters. The summed E-state index contributed by atoms with van der Waals surface area (Å²) in [4.78, 5) is 16.3. The van der Waals surface area contributed by atoms with E-state index in [0.29, 0.717) is 10.0 Å². The Morgan fingerprint density at radius 2 is 1.18 bits per heavy atom. The molecule has 2 aliphatic rings. The van der Waals surface area contributed by atoms with Crippen LogP contribution < -0.4 is 0 Å². The number of halogens is 2. The topological polar surface area (TPSA) is 77.6 Å². The van der Waals surface area contributed by atoms with Crippen molar-refractivity contribution in [3.8, 4) is 16.9 Å². The molecule has 6 rings (SSSR count). The van der Waals surface area contributed by atoms with Gasteiger partial charge in [-0.3, -0.25) is 0 Å². The van der Waals surface area contributed by atoms with Crippen LogP contribution in [0, 0.1) is 0 Å². The number of hydrogen-bond donors (Lipinski definition) is 3. The molecule has 5 heterocycles. The van der Waals surface area contributed by atoms with Crippen molar-refractivity contribution in [2.45, 2.75) is 0 Å². The van der Waals surface area contributed by atoms with E-state index in [-0.39, 0.29) is 5.75 Å². The number of rotatable bonds is 1. The van der Waals surface area contributed by atoms with Crippen molar-refractivity contribution in [1.29, 1.82) is 0 Å². The lowest BCUT2D eigenvalue weighted by molar-refractivity contribution is 0.474. The number of aromatic nitrogens is 4. The molecular weight excluding hydrogens is 544 g/mol. The molecule has 0 amide bonds. The van der Waals surface area contributed by atoms with Crippen LogP contribution in [0.5, 0.6) is 5.75 Å². The average Bonchev–Trinajstić information content (AvgIpc) is 3.56. The SMILES string of the molecule is Oc1c(Br)cc(Br)cc1-c1cc2cc3nc(cc4ccc(cc5nc(cc1[nH]2)C=C5)[nH]4)C=C3. The number of phenols is 1. The molecule has 0 saturated heterocycles. The quantitative estimate of drug-likeness (QED) is 0.194. The highest BCUT2D eigenvalue weighted by Gasteiger charge is 2.14. The molecule has 4 aromatic rings. The van der Waals surface area contributed by atoms with E-state index in [1.807, 2.05) is 78.9 Å². The fraction of sp³-hybridized carbons (Fsp3) is 0. The van der Waals surface area contributed by atoms with Crippen molar-refractivity contribution >= 4 is 78.2 Å². The first-order chi connectivity index (χ1) is 16.0. The first-order valence-electron chi connectivity index (χ1n) is 10.3. The lowest BCUT2D eigenvalue weighted by Gasteiger charge is -2.06. The van der Waals surface area contributed by atoms with Crippen molar-refractivity contribution < 1.29 is 5.11 Å². The van der Waals surface area contributed by atoms with Gasteiger partial charge in [-0.1, -0.05) is 15.9 Å². The lowest BCUT2D eigenvalue weighted by Crippen LogP contribution is -1.81. The molecule has 33 heavy (non-hydrogen) atoms. The van der Waals surface area contributed by atoms with E-state index < -0.39 is 0 Å². The van der Waals surface area contributed by atoms with Crippen LogP contribution in [-0.4, -0.2) is 25.0 Å². The van der Waals surface area contributed by atoms with Crippen molar-refractivity contribution in [2.75, 3.05) is 0 Å². The number of benzene rings is 1. The molecular formula is C26H16Br2N4O. The predicted molar refractivity (Wildman–Crippen MR) is 141 cm³/mol. The summed E-state index contributed by atoms with van der Waals surface area (Å²) in [5, 5.41) is 10.8. The van der Waals surface area contributed by atoms with E-state index in [1.165, 1.54) is 0 Å². The van der Waals surface area contributed by atoms with Gasteiger partial charge in [0.25, 0.3) is 0 Å². The number of nitrogens with zero attached hydrogens (tertiary/aromatic N) is 2. The number of hydrogen-bond acceptors (Lipinski definition) is 3. The van der Waals surface area contributed by atoms with E-state index in [9.17, 15) is 5.11 Å². The molecule has 0 aliphatic carbocycles. The largest absolute Gasteiger partial charge is 0.506 e. The fourth-order valence-corrected chi connectivity index (χ4v) is 5.24. The monoisotopic (exact) mass is 558 g/mol. The summed E-state index contributed by atoms with van der Waals surface area (Å²) < 4.78 is 1.49. The second kappa shape index (κ2) is 7.86. The smallest absolute Gasteiger partial charge is 0.137 e. The Labute approximate surface area is 205 Å². The predicted octanol–water partition coefficient (Wildman–Crippen LogP) is 7.55. The zero-order valence-electron chi connectivity index (χ0n) is 17.1. The summed E-state index contributed by atoms with van der Waals surface area (Å²) in [7, 11) is 0. The highest BCUT2D eigenvalue weighted by atomic mass is 79.9. The van der Waals surface area contributed by atoms with Gasteiger partial charge in [0, 0.05) is 37.7 Å². The molecule has 3 N–H and O–H groups in total. The van der Waals surface area contributed by atoms with Crippen molar-refractivity contribution in [3.63, 3.8) is 0 Å². The van der Waals surface area contributed by atoms with Gasteiger partial charge in [-0.25, -0.2) is 9.97 Å². The van der Waals surface area contributed by atoms with E-state index in [1.54, 1.807) is 0 Å². The van der Waals surface area contributed by atoms with Gasteiger partial charge in [0.05, 0.1) is 27.2 Å². The third kappa shape index (κ3) is 3.94. The molecule has 0 fully saturated rings. The molecule has 5 nitrogen and oxygen atoms in total. The molecule has 2 aliphatic heterocycles. The van der Waals surface area contributed by atoms with Crippen LogP contribution in [0.3, 0.4) is 0 Å². The summed E-state index contributed by atoms with van der Waals surface area (Å²) in [5.74, 6) is 0.180. The van der Waals surface area contributed by atoms with Crippen LogP contribution in [0.4, 0.5) is 0 Å². The van der Waals surface area contributed by atoms with Crippen molar-refractivity contribution in [1.82, 2.24) is 19.9 Å². The summed E-state index contributed by atoms with van der Waals surface area (Å²) in [5.41, 5.74) is 8.67. The van der Waals surface area contributed by atoms with Gasteiger partial charge in [-0.2, -0.15) is 0 Å². The summed E-state index contributed by atoms with van der Waals surface area (Å²) in [6.45, 7) is 0. The second-order valence-electron chi connectivity index (χ2n) is 7.87. The van der Waals surface area contributed by atoms with E-state index in [4.69, 9.17) is 9.97 Å². The highest BCUT2D eigenvalue weighted by Crippen LogP contribution is 2.40. The minimum atomic E-state index is 0.180. The molecule has 0 spiro atoms. The molecule has 8 bridgehead atoms. The number of aromatic amines is 2. The molecule has 160 valence electrons. The number of H-pyrrole nitrogens is 2. The standard InChI is InChI=1S/C26H16Br2N4O/c27-14-7-23(26(33)24(28)8-14)22-12-21-11-19-4-3-17(30-19)9-15-1-2-16(29-15)10-18-5-6-20(31-18)13-25(22)32-21/h1-13,29,32-33H. The molecule has 0 atom stereocenters. The van der Waals surface area contributed by atoms with Crippen molar-refractivity contribution in [3.05, 3.63) is 86.3 Å². The van der Waals surface area contributed by atoms with Gasteiger partial charge in [0.2, 0.25) is 0 Å². The van der Waals surface area contributed by atoms with Crippen LogP contribution in [-0.2, 0) is 0 Å². The number of nitrogens with one attached hydrogen (secondary N) is 2. The second-order valence-corrected chi connectivity index (χ2v) is 9.64. The maximum atomic E-state index is 10.8. The Morgan fingerprint density at radius 3 is 1.82 bits per heavy atom. The molecule has 7 heteroatoms. The van der Waals surface area contributed by atoms with Crippen LogP contribution in [0.2, 0.25) is 0 Å². The van der Waals surface area contributed by atoms with E-state index in [2.05, 4.69) is 41.8 Å². The minimum Gasteiger partial charge on any atom is -0.506 e. The maximum Gasteiger partial charge on any atom is 0.137 e. The number of fused-ring (bicyclic) bond motifs is 8. The summed E-state index contributed by atoms with van der Waals surface area (Å²) in [6, 6.07) is 17.8. The number of aromatic hydroxyl groups is 1. The van der Waals surface area contributed by atoms with E-state index in [0.717, 1.165) is 54.9 Å². The van der Waals surface area contributed by atoms with Gasteiger partial charge in [0.15, 0.2) is 0 Å². The third-order valence-electron chi connectivity index (χ3n) is 5.49. The zero-order chi connectivity index (χ0) is 22.5. The third-order valence-corrected chi connectivity index (χ3v) is 6.55. The van der Waals surface area contributed by atoms with Crippen LogP contribution >= 0.6 is 31.9 Å². The van der Waals surface area contributed by atoms with Gasteiger partial charge in [-0.05, 0) is 94.8 Å². The zero-order valence-corrected chi connectivity index (χ0v) is 20.3. The Kier molecular flexibility index (Phi) is 4.81. The Hall–Kier alpha value is -3.42. The Balaban J connectivity index is 1.69. The van der Waals surface area contributed by atoms with Gasteiger partial charge < -0.3 is 15.1 Å². The lowest BCUT2D eigenvalue weighted by atomic mass is 10.1. The Bertz CT molecular complexity index is 1660. The first kappa shape index (κ1) is 20.2. The van der Waals surface area contributed by atoms with Crippen LogP contribution in [0.15, 0.2) is 63.5 Å². The highest BCUT2D eigenvalue weighted by molar-refractivity contribution is 9.11. The van der Waals surface area contributed by atoms with Crippen LogP contribution in [0.1, 0.15) is 22.8 Å². The van der Waals surface area contributed by atoms with Gasteiger partial charge in [0.1, 0.15) is 5.75 Å². The normalized spacial score (nSPS) is 12.4. The van der Waals surface area contributed by atoms with Gasteiger partial charge in [-0.15, -0.1) is 0 Å². The molecule has 0 radical (unpaired) electrons. The molecule has 1 aromatic carbocycles. The number of phenolic OH excluding ortho intramolecular Hbond substituents is 1. The average molecular weight is 560 g/mol. The first-order valence-corrected chi connectivity index (χ1v) is 11.9. The van der Waals surface area contributed by atoms with E-state index >= 15 is 0 Å². The van der Waals surface area contributed by atoms with Gasteiger partial charge >= 0.3 is 0 Å². The summed E-state index contributed by atoms with van der Waals surface area (Å²) in [6.07, 6.45) is 7.95. The molecule has 3 aromatic heterocycles.